The first-order valence-corrected chi connectivity index (χ1v) is 11.4. The van der Waals surface area contributed by atoms with Gasteiger partial charge in [-0.15, -0.1) is 0 Å². The SMILES string of the molecule is CC(C)C1CCC(C(C)(C)CCC(C)(C)C2CN(C(C)(C)C)CCO2)NC1. The molecule has 0 amide bonds. The highest BCUT2D eigenvalue weighted by Crippen LogP contribution is 2.40. The van der Waals surface area contributed by atoms with Gasteiger partial charge in [0.15, 0.2) is 0 Å². The lowest BCUT2D eigenvalue weighted by Crippen LogP contribution is -2.55. The normalized spacial score (nSPS) is 29.3. The van der Waals surface area contributed by atoms with E-state index in [1.807, 2.05) is 0 Å². The standard InChI is InChI=1S/C24H48N2O/c1-18(2)19-10-11-20(25-16-19)23(6,7)12-13-24(8,9)21-17-26(14-15-27-21)22(3,4)5/h18-21,25H,10-17H2,1-9H3. The number of hydrogen-bond donors (Lipinski definition) is 1. The van der Waals surface area contributed by atoms with Crippen LogP contribution in [0.25, 0.3) is 0 Å². The van der Waals surface area contributed by atoms with Gasteiger partial charge < -0.3 is 10.1 Å². The van der Waals surface area contributed by atoms with Gasteiger partial charge in [0.2, 0.25) is 0 Å². The molecular weight excluding hydrogens is 332 g/mol. The fourth-order valence-electron chi connectivity index (χ4n) is 4.83. The molecule has 3 unspecified atom stereocenters. The lowest BCUT2D eigenvalue weighted by atomic mass is 9.70. The van der Waals surface area contributed by atoms with E-state index in [1.165, 1.54) is 32.2 Å². The monoisotopic (exact) mass is 380 g/mol. The highest BCUT2D eigenvalue weighted by Gasteiger charge is 2.40. The van der Waals surface area contributed by atoms with Crippen LogP contribution in [0.5, 0.6) is 0 Å². The van der Waals surface area contributed by atoms with Crippen LogP contribution < -0.4 is 5.32 Å². The second-order valence-corrected chi connectivity index (χ2v) is 12.0. The fraction of sp³-hybridized carbons (Fsp3) is 1.00. The van der Waals surface area contributed by atoms with Crippen molar-refractivity contribution in [3.8, 4) is 0 Å². The van der Waals surface area contributed by atoms with Crippen molar-refractivity contribution >= 4 is 0 Å². The molecule has 27 heavy (non-hydrogen) atoms. The first-order valence-electron chi connectivity index (χ1n) is 11.4. The predicted molar refractivity (Wildman–Crippen MR) is 117 cm³/mol. The van der Waals surface area contributed by atoms with Crippen molar-refractivity contribution in [2.75, 3.05) is 26.2 Å². The van der Waals surface area contributed by atoms with Crippen LogP contribution in [0.1, 0.15) is 88.0 Å². The third kappa shape index (κ3) is 6.18. The van der Waals surface area contributed by atoms with E-state index in [-0.39, 0.29) is 11.0 Å². The van der Waals surface area contributed by atoms with E-state index in [0.29, 0.717) is 17.6 Å². The minimum atomic E-state index is 0.219. The summed E-state index contributed by atoms with van der Waals surface area (Å²) in [4.78, 5) is 2.60. The Morgan fingerprint density at radius 1 is 0.963 bits per heavy atom. The Hall–Kier alpha value is -0.120. The number of morpholine rings is 1. The summed E-state index contributed by atoms with van der Waals surface area (Å²) in [5.41, 5.74) is 0.796. The van der Waals surface area contributed by atoms with Gasteiger partial charge in [-0.3, -0.25) is 4.90 Å². The zero-order chi connectivity index (χ0) is 20.5. The average molecular weight is 381 g/mol. The van der Waals surface area contributed by atoms with Gasteiger partial charge in [-0.2, -0.15) is 0 Å². The van der Waals surface area contributed by atoms with Crippen LogP contribution in [-0.2, 0) is 4.74 Å². The van der Waals surface area contributed by atoms with Crippen LogP contribution in [0.15, 0.2) is 0 Å². The third-order valence-electron chi connectivity index (χ3n) is 7.64. The van der Waals surface area contributed by atoms with Gasteiger partial charge >= 0.3 is 0 Å². The maximum Gasteiger partial charge on any atom is 0.0753 e. The molecule has 0 aromatic rings. The van der Waals surface area contributed by atoms with Crippen LogP contribution in [0.3, 0.4) is 0 Å². The zero-order valence-electron chi connectivity index (χ0n) is 19.8. The molecule has 0 radical (unpaired) electrons. The maximum atomic E-state index is 6.26. The summed E-state index contributed by atoms with van der Waals surface area (Å²) in [6.07, 6.45) is 5.54. The molecule has 1 N–H and O–H groups in total. The Morgan fingerprint density at radius 2 is 1.59 bits per heavy atom. The minimum absolute atomic E-state index is 0.219. The van der Waals surface area contributed by atoms with Crippen LogP contribution in [0.2, 0.25) is 0 Å². The number of hydrogen-bond acceptors (Lipinski definition) is 3. The van der Waals surface area contributed by atoms with Crippen molar-refractivity contribution in [1.29, 1.82) is 0 Å². The molecule has 2 aliphatic rings. The van der Waals surface area contributed by atoms with Gasteiger partial charge in [-0.05, 0) is 75.7 Å². The molecule has 0 saturated carbocycles. The van der Waals surface area contributed by atoms with E-state index in [9.17, 15) is 0 Å². The molecule has 3 nitrogen and oxygen atoms in total. The second kappa shape index (κ2) is 8.71. The first kappa shape index (κ1) is 23.2. The summed E-state index contributed by atoms with van der Waals surface area (Å²) in [5, 5.41) is 3.89. The highest BCUT2D eigenvalue weighted by molar-refractivity contribution is 4.93. The van der Waals surface area contributed by atoms with Crippen molar-refractivity contribution in [3.05, 3.63) is 0 Å². The van der Waals surface area contributed by atoms with E-state index in [2.05, 4.69) is 72.5 Å². The van der Waals surface area contributed by atoms with Crippen molar-refractivity contribution < 1.29 is 4.74 Å². The van der Waals surface area contributed by atoms with Crippen molar-refractivity contribution in [2.24, 2.45) is 22.7 Å². The van der Waals surface area contributed by atoms with E-state index in [4.69, 9.17) is 4.74 Å². The lowest BCUT2D eigenvalue weighted by molar-refractivity contribution is -0.110. The average Bonchev–Trinajstić information content (AvgIpc) is 2.60. The number of nitrogens with one attached hydrogen (secondary N) is 1. The summed E-state index contributed by atoms with van der Waals surface area (Å²) < 4.78 is 6.26. The molecule has 3 atom stereocenters. The molecule has 0 spiro atoms. The van der Waals surface area contributed by atoms with Gasteiger partial charge in [-0.1, -0.05) is 41.5 Å². The largest absolute Gasteiger partial charge is 0.375 e. The zero-order valence-corrected chi connectivity index (χ0v) is 19.8. The fourth-order valence-corrected chi connectivity index (χ4v) is 4.83. The quantitative estimate of drug-likeness (QED) is 0.673. The van der Waals surface area contributed by atoms with Gasteiger partial charge in [0.25, 0.3) is 0 Å². The van der Waals surface area contributed by atoms with Gasteiger partial charge in [0.1, 0.15) is 0 Å². The Labute approximate surface area is 170 Å². The summed E-state index contributed by atoms with van der Waals surface area (Å²) in [7, 11) is 0. The second-order valence-electron chi connectivity index (χ2n) is 12.0. The smallest absolute Gasteiger partial charge is 0.0753 e. The molecule has 2 fully saturated rings. The lowest BCUT2D eigenvalue weighted by Gasteiger charge is -2.47. The number of ether oxygens (including phenoxy) is 1. The van der Waals surface area contributed by atoms with Crippen molar-refractivity contribution in [1.82, 2.24) is 10.2 Å². The summed E-state index contributed by atoms with van der Waals surface area (Å²) >= 11 is 0. The summed E-state index contributed by atoms with van der Waals surface area (Å²) in [5.74, 6) is 1.65. The molecule has 2 saturated heterocycles. The molecular formula is C24H48N2O. The van der Waals surface area contributed by atoms with Crippen LogP contribution in [0.4, 0.5) is 0 Å². The van der Waals surface area contributed by atoms with Gasteiger partial charge in [0.05, 0.1) is 12.7 Å². The summed E-state index contributed by atoms with van der Waals surface area (Å²) in [6.45, 7) is 25.7. The van der Waals surface area contributed by atoms with Crippen LogP contribution >= 0.6 is 0 Å². The molecule has 2 heterocycles. The van der Waals surface area contributed by atoms with E-state index in [0.717, 1.165) is 31.5 Å². The van der Waals surface area contributed by atoms with E-state index < -0.39 is 0 Å². The number of rotatable bonds is 6. The molecule has 0 aromatic carbocycles. The molecule has 3 heteroatoms. The number of nitrogens with zero attached hydrogens (tertiary/aromatic N) is 1. The van der Waals surface area contributed by atoms with Gasteiger partial charge in [0, 0.05) is 24.7 Å². The Bertz CT molecular complexity index is 455. The number of piperidine rings is 1. The molecule has 0 aliphatic carbocycles. The Balaban J connectivity index is 1.89. The summed E-state index contributed by atoms with van der Waals surface area (Å²) in [6, 6.07) is 0.654. The Kier molecular flexibility index (Phi) is 7.47. The molecule has 0 aromatic heterocycles. The minimum Gasteiger partial charge on any atom is -0.375 e. The maximum absolute atomic E-state index is 6.26. The first-order chi connectivity index (χ1) is 12.3. The molecule has 160 valence electrons. The van der Waals surface area contributed by atoms with Crippen molar-refractivity contribution in [2.45, 2.75) is 106 Å². The molecule has 0 bridgehead atoms. The van der Waals surface area contributed by atoms with E-state index >= 15 is 0 Å². The Morgan fingerprint density at radius 3 is 2.11 bits per heavy atom. The van der Waals surface area contributed by atoms with Gasteiger partial charge in [-0.25, -0.2) is 0 Å². The molecule has 2 aliphatic heterocycles. The van der Waals surface area contributed by atoms with Crippen LogP contribution in [0, 0.1) is 22.7 Å². The highest BCUT2D eigenvalue weighted by atomic mass is 16.5. The predicted octanol–water partition coefficient (Wildman–Crippen LogP) is 5.34. The third-order valence-corrected chi connectivity index (χ3v) is 7.64. The van der Waals surface area contributed by atoms with Crippen molar-refractivity contribution in [3.63, 3.8) is 0 Å². The van der Waals surface area contributed by atoms with Crippen LogP contribution in [-0.4, -0.2) is 48.8 Å². The topological polar surface area (TPSA) is 24.5 Å². The molecule has 2 rings (SSSR count). The van der Waals surface area contributed by atoms with E-state index in [1.54, 1.807) is 0 Å².